The van der Waals surface area contributed by atoms with E-state index in [1.54, 1.807) is 6.08 Å². The van der Waals surface area contributed by atoms with Gasteiger partial charge < -0.3 is 9.33 Å². The Morgan fingerprint density at radius 3 is 2.39 bits per heavy atom. The topological polar surface area (TPSA) is 29.5 Å². The number of hydrogen-bond acceptors (Lipinski definition) is 2. The number of carbonyl (C=O) groups excluding carboxylic acids is 1. The third-order valence-electron chi connectivity index (χ3n) is 6.44. The van der Waals surface area contributed by atoms with Crippen LogP contribution >= 0.6 is 11.6 Å². The first-order valence-electron chi connectivity index (χ1n) is 10.2. The summed E-state index contributed by atoms with van der Waals surface area (Å²) in [5.41, 5.74) is 0.389. The van der Waals surface area contributed by atoms with Crippen LogP contribution in [0.1, 0.15) is 31.9 Å². The highest BCUT2D eigenvalue weighted by Gasteiger charge is 2.47. The minimum absolute atomic E-state index is 0.0412. The summed E-state index contributed by atoms with van der Waals surface area (Å²) < 4.78 is 35.0. The second-order valence-electron chi connectivity index (χ2n) is 9.47. The smallest absolute Gasteiger partial charge is 0.317 e. The molecule has 0 saturated carbocycles. The largest absolute Gasteiger partial charge is 0.414 e. The van der Waals surface area contributed by atoms with Gasteiger partial charge in [-0.3, -0.25) is 4.79 Å². The molecule has 0 aliphatic carbocycles. The molecule has 166 valence electrons. The van der Waals surface area contributed by atoms with Crippen molar-refractivity contribution in [1.29, 1.82) is 0 Å². The van der Waals surface area contributed by atoms with Crippen LogP contribution in [0.25, 0.3) is 5.57 Å². The molecular weight excluding hydrogens is 436 g/mol. The first-order chi connectivity index (χ1) is 14.4. The fraction of sp³-hybridized carbons (Fsp3) is 0.375. The van der Waals surface area contributed by atoms with Gasteiger partial charge in [-0.15, -0.1) is 0 Å². The van der Waals surface area contributed by atoms with Crippen molar-refractivity contribution >= 4 is 30.9 Å². The maximum atomic E-state index is 14.6. The Hall–Kier alpha value is -2.02. The van der Waals surface area contributed by atoms with Gasteiger partial charge in [0.2, 0.25) is 0 Å². The highest BCUT2D eigenvalue weighted by Crippen LogP contribution is 2.44. The van der Waals surface area contributed by atoms with E-state index in [9.17, 15) is 13.6 Å². The molecule has 2 aromatic carbocycles. The number of nitrogens with zero attached hydrogens (tertiary/aromatic N) is 1. The van der Waals surface area contributed by atoms with Gasteiger partial charge in [0.25, 0.3) is 0 Å². The molecule has 3 nitrogen and oxygen atoms in total. The van der Waals surface area contributed by atoms with E-state index in [-0.39, 0.29) is 23.8 Å². The summed E-state index contributed by atoms with van der Waals surface area (Å²) in [5.74, 6) is -1.10. The fourth-order valence-electron chi connectivity index (χ4n) is 3.52. The second kappa shape index (κ2) is 8.49. The van der Waals surface area contributed by atoms with Crippen molar-refractivity contribution in [2.75, 3.05) is 13.2 Å². The normalized spacial score (nSPS) is 19.5. The van der Waals surface area contributed by atoms with Crippen LogP contribution in [-0.2, 0) is 9.96 Å². The zero-order valence-corrected chi connectivity index (χ0v) is 20.3. The Balaban J connectivity index is 2.15. The fourth-order valence-corrected chi connectivity index (χ4v) is 4.75. The molecule has 0 N–H and O–H groups in total. The van der Waals surface area contributed by atoms with E-state index in [1.165, 1.54) is 4.90 Å². The lowest BCUT2D eigenvalue weighted by Crippen LogP contribution is -2.51. The van der Waals surface area contributed by atoms with Gasteiger partial charge in [-0.1, -0.05) is 51.1 Å². The van der Waals surface area contributed by atoms with Crippen LogP contribution in [0.4, 0.5) is 13.6 Å². The molecule has 0 radical (unpaired) electrons. The number of carbonyl (C=O) groups is 1. The molecule has 0 spiro atoms. The third kappa shape index (κ3) is 4.61. The van der Waals surface area contributed by atoms with Gasteiger partial charge >= 0.3 is 5.37 Å². The summed E-state index contributed by atoms with van der Waals surface area (Å²) in [7, 11) is -2.18. The van der Waals surface area contributed by atoms with Crippen LogP contribution in [0.2, 0.25) is 18.1 Å². The standard InChI is InChI=1S/C24H28ClF2NO2Si/c1-23(2,3)31(4,5)30-16-24(18-9-7-6-8-10-18)14-17(15-28(24)22(25)29)20-13-19(26)11-12-21(20)27/h6-14H,15-16H2,1-5H3. The van der Waals surface area contributed by atoms with Crippen LogP contribution < -0.4 is 0 Å². The van der Waals surface area contributed by atoms with Gasteiger partial charge in [0.05, 0.1) is 6.61 Å². The Kier molecular flexibility index (Phi) is 6.47. The van der Waals surface area contributed by atoms with Crippen molar-refractivity contribution in [3.05, 3.63) is 77.4 Å². The molecule has 3 rings (SSSR count). The zero-order valence-electron chi connectivity index (χ0n) is 18.5. The lowest BCUT2D eigenvalue weighted by Gasteiger charge is -2.42. The van der Waals surface area contributed by atoms with Gasteiger partial charge in [0, 0.05) is 12.1 Å². The zero-order chi connectivity index (χ0) is 23.0. The average molecular weight is 464 g/mol. The van der Waals surface area contributed by atoms with Crippen molar-refractivity contribution in [3.63, 3.8) is 0 Å². The molecule has 1 atom stereocenters. The highest BCUT2D eigenvalue weighted by atomic mass is 35.5. The van der Waals surface area contributed by atoms with Crippen LogP contribution in [0.15, 0.2) is 54.6 Å². The molecule has 1 heterocycles. The molecule has 0 fully saturated rings. The van der Waals surface area contributed by atoms with E-state index in [0.717, 1.165) is 23.8 Å². The summed E-state index contributed by atoms with van der Waals surface area (Å²) in [6, 6.07) is 12.7. The van der Waals surface area contributed by atoms with E-state index in [4.69, 9.17) is 16.0 Å². The van der Waals surface area contributed by atoms with Gasteiger partial charge in [-0.2, -0.15) is 0 Å². The van der Waals surface area contributed by atoms with Gasteiger partial charge in [-0.05, 0) is 65.1 Å². The number of benzene rings is 2. The van der Waals surface area contributed by atoms with E-state index in [2.05, 4.69) is 33.9 Å². The molecule has 1 amide bonds. The SMILES string of the molecule is CC(C)(C)[Si](C)(C)OCC1(c2ccccc2)C=C(c2cc(F)ccc2F)CN1C(=O)Cl. The van der Waals surface area contributed by atoms with E-state index >= 15 is 0 Å². The number of hydrogen-bond donors (Lipinski definition) is 0. The summed E-state index contributed by atoms with van der Waals surface area (Å²) >= 11 is 6.02. The van der Waals surface area contributed by atoms with Gasteiger partial charge in [0.15, 0.2) is 8.32 Å². The van der Waals surface area contributed by atoms with Crippen molar-refractivity contribution in [2.45, 2.75) is 44.4 Å². The number of amides is 1. The third-order valence-corrected chi connectivity index (χ3v) is 11.1. The van der Waals surface area contributed by atoms with Crippen molar-refractivity contribution < 1.29 is 18.0 Å². The molecule has 1 aliphatic rings. The minimum atomic E-state index is -2.18. The Morgan fingerprint density at radius 2 is 1.81 bits per heavy atom. The number of rotatable bonds is 5. The predicted molar refractivity (Wildman–Crippen MR) is 124 cm³/mol. The van der Waals surface area contributed by atoms with E-state index in [0.29, 0.717) is 5.57 Å². The Labute approximate surface area is 188 Å². The number of halogens is 3. The Morgan fingerprint density at radius 1 is 1.16 bits per heavy atom. The van der Waals surface area contributed by atoms with E-state index < -0.39 is 30.9 Å². The van der Waals surface area contributed by atoms with Crippen LogP contribution in [0.3, 0.4) is 0 Å². The van der Waals surface area contributed by atoms with Crippen molar-refractivity contribution in [2.24, 2.45) is 0 Å². The molecule has 1 unspecified atom stereocenters. The molecule has 1 aliphatic heterocycles. The average Bonchev–Trinajstić information content (AvgIpc) is 3.09. The molecular formula is C24H28ClF2NO2Si. The molecule has 2 aromatic rings. The summed E-state index contributed by atoms with van der Waals surface area (Å²) in [5, 5.41) is -0.716. The monoisotopic (exact) mass is 463 g/mol. The maximum Gasteiger partial charge on any atom is 0.317 e. The molecule has 0 saturated heterocycles. The maximum absolute atomic E-state index is 14.6. The van der Waals surface area contributed by atoms with Gasteiger partial charge in [0.1, 0.15) is 17.2 Å². The van der Waals surface area contributed by atoms with Crippen molar-refractivity contribution in [1.82, 2.24) is 4.90 Å². The summed E-state index contributed by atoms with van der Waals surface area (Å²) in [4.78, 5) is 14.0. The quantitative estimate of drug-likeness (QED) is 0.273. The summed E-state index contributed by atoms with van der Waals surface area (Å²) in [6.45, 7) is 10.9. The first kappa shape index (κ1) is 23.6. The molecule has 0 aromatic heterocycles. The van der Waals surface area contributed by atoms with Crippen LogP contribution in [0.5, 0.6) is 0 Å². The lowest BCUT2D eigenvalue weighted by molar-refractivity contribution is 0.120. The molecule has 0 bridgehead atoms. The van der Waals surface area contributed by atoms with E-state index in [1.807, 2.05) is 30.3 Å². The lowest BCUT2D eigenvalue weighted by atomic mass is 9.89. The predicted octanol–water partition coefficient (Wildman–Crippen LogP) is 6.94. The van der Waals surface area contributed by atoms with Gasteiger partial charge in [-0.25, -0.2) is 8.78 Å². The minimum Gasteiger partial charge on any atom is -0.414 e. The van der Waals surface area contributed by atoms with Crippen LogP contribution in [-0.4, -0.2) is 31.7 Å². The van der Waals surface area contributed by atoms with Crippen molar-refractivity contribution in [3.8, 4) is 0 Å². The first-order valence-corrected chi connectivity index (χ1v) is 13.5. The second-order valence-corrected chi connectivity index (χ2v) is 14.6. The summed E-state index contributed by atoms with van der Waals surface area (Å²) in [6.07, 6.45) is 1.80. The highest BCUT2D eigenvalue weighted by molar-refractivity contribution is 6.74. The molecule has 31 heavy (non-hydrogen) atoms. The Bertz CT molecular complexity index is 1000. The van der Waals surface area contributed by atoms with Crippen LogP contribution in [0, 0.1) is 11.6 Å². The molecule has 7 heteroatoms.